The highest BCUT2D eigenvalue weighted by Gasteiger charge is 2.39. The van der Waals surface area contributed by atoms with Gasteiger partial charge in [-0.1, -0.05) is 24.3 Å². The number of hydrogen-bond donors (Lipinski definition) is 3. The predicted molar refractivity (Wildman–Crippen MR) is 111 cm³/mol. The quantitative estimate of drug-likeness (QED) is 0.597. The molecule has 0 unspecified atom stereocenters. The molecular formula is C22H22FN5O. The largest absolute Gasteiger partial charge is 0.359 e. The molecule has 7 heteroatoms. The molecule has 1 aromatic heterocycles. The Labute approximate surface area is 168 Å². The van der Waals surface area contributed by atoms with E-state index in [1.807, 2.05) is 48.5 Å². The fourth-order valence-electron chi connectivity index (χ4n) is 3.50. The highest BCUT2D eigenvalue weighted by atomic mass is 19.1. The van der Waals surface area contributed by atoms with Gasteiger partial charge in [0.2, 0.25) is 0 Å². The van der Waals surface area contributed by atoms with Crippen molar-refractivity contribution in [3.63, 3.8) is 0 Å². The lowest BCUT2D eigenvalue weighted by Gasteiger charge is -2.43. The SMILES string of the molecule is CNC(=O)Nc1ccc(-c2ccc(NC3(c4ccc(F)cc4)CCC3)nn2)cc1. The van der Waals surface area contributed by atoms with Crippen LogP contribution in [0, 0.1) is 5.82 Å². The maximum Gasteiger partial charge on any atom is 0.318 e. The number of nitrogens with one attached hydrogen (secondary N) is 3. The number of nitrogens with zero attached hydrogens (tertiary/aromatic N) is 2. The number of benzene rings is 2. The van der Waals surface area contributed by atoms with Crippen LogP contribution in [0.25, 0.3) is 11.3 Å². The highest BCUT2D eigenvalue weighted by Crippen LogP contribution is 2.43. The average Bonchev–Trinajstić information content (AvgIpc) is 2.72. The Morgan fingerprint density at radius 1 is 0.966 bits per heavy atom. The first kappa shape index (κ1) is 18.9. The molecule has 1 saturated carbocycles. The van der Waals surface area contributed by atoms with E-state index in [4.69, 9.17) is 0 Å². The van der Waals surface area contributed by atoms with Crippen molar-refractivity contribution in [2.75, 3.05) is 17.7 Å². The lowest BCUT2D eigenvalue weighted by atomic mass is 9.72. The van der Waals surface area contributed by atoms with E-state index >= 15 is 0 Å². The molecule has 29 heavy (non-hydrogen) atoms. The van der Waals surface area contributed by atoms with E-state index in [2.05, 4.69) is 26.1 Å². The van der Waals surface area contributed by atoms with Crippen LogP contribution in [0.3, 0.4) is 0 Å². The first-order valence-corrected chi connectivity index (χ1v) is 9.55. The molecule has 1 aliphatic rings. The fraction of sp³-hybridized carbons (Fsp3) is 0.227. The molecule has 0 saturated heterocycles. The van der Waals surface area contributed by atoms with Crippen LogP contribution >= 0.6 is 0 Å². The van der Waals surface area contributed by atoms with Crippen molar-refractivity contribution in [3.05, 3.63) is 72.0 Å². The van der Waals surface area contributed by atoms with Crippen LogP contribution in [-0.2, 0) is 5.54 Å². The third kappa shape index (κ3) is 4.03. The molecule has 6 nitrogen and oxygen atoms in total. The zero-order valence-electron chi connectivity index (χ0n) is 16.1. The van der Waals surface area contributed by atoms with Gasteiger partial charge in [-0.05, 0) is 61.2 Å². The normalized spacial score (nSPS) is 14.6. The molecule has 0 atom stereocenters. The van der Waals surface area contributed by atoms with Crippen LogP contribution in [-0.4, -0.2) is 23.3 Å². The van der Waals surface area contributed by atoms with Gasteiger partial charge in [0.05, 0.1) is 11.2 Å². The van der Waals surface area contributed by atoms with E-state index in [9.17, 15) is 9.18 Å². The Bertz CT molecular complexity index is 983. The number of halogens is 1. The van der Waals surface area contributed by atoms with Gasteiger partial charge in [0.15, 0.2) is 0 Å². The van der Waals surface area contributed by atoms with Gasteiger partial charge < -0.3 is 16.0 Å². The van der Waals surface area contributed by atoms with E-state index < -0.39 is 0 Å². The number of anilines is 2. The summed E-state index contributed by atoms with van der Waals surface area (Å²) >= 11 is 0. The molecule has 0 bridgehead atoms. The van der Waals surface area contributed by atoms with Crippen molar-refractivity contribution < 1.29 is 9.18 Å². The smallest absolute Gasteiger partial charge is 0.318 e. The lowest BCUT2D eigenvalue weighted by molar-refractivity contribution is 0.254. The van der Waals surface area contributed by atoms with Gasteiger partial charge in [-0.25, -0.2) is 9.18 Å². The number of amides is 2. The number of carbonyl (C=O) groups excluding carboxylic acids is 1. The topological polar surface area (TPSA) is 78.9 Å². The number of hydrogen-bond acceptors (Lipinski definition) is 4. The number of rotatable bonds is 5. The van der Waals surface area contributed by atoms with Crippen LogP contribution in [0.15, 0.2) is 60.7 Å². The van der Waals surface area contributed by atoms with Gasteiger partial charge in [0.1, 0.15) is 11.6 Å². The highest BCUT2D eigenvalue weighted by molar-refractivity contribution is 5.89. The second kappa shape index (κ2) is 7.87. The molecular weight excluding hydrogens is 369 g/mol. The van der Waals surface area contributed by atoms with E-state index in [1.165, 1.54) is 12.1 Å². The lowest BCUT2D eigenvalue weighted by Crippen LogP contribution is -2.42. The van der Waals surface area contributed by atoms with Crippen molar-refractivity contribution in [3.8, 4) is 11.3 Å². The van der Waals surface area contributed by atoms with Crippen molar-refractivity contribution in [1.82, 2.24) is 15.5 Å². The molecule has 148 valence electrons. The summed E-state index contributed by atoms with van der Waals surface area (Å²) in [6, 6.07) is 17.6. The summed E-state index contributed by atoms with van der Waals surface area (Å²) in [6.07, 6.45) is 3.07. The summed E-state index contributed by atoms with van der Waals surface area (Å²) < 4.78 is 13.3. The van der Waals surface area contributed by atoms with E-state index in [1.54, 1.807) is 7.05 Å². The number of aromatic nitrogens is 2. The van der Waals surface area contributed by atoms with Crippen molar-refractivity contribution in [2.24, 2.45) is 0 Å². The summed E-state index contributed by atoms with van der Waals surface area (Å²) in [5.41, 5.74) is 3.20. The summed E-state index contributed by atoms with van der Waals surface area (Å²) in [5, 5.41) is 17.4. The van der Waals surface area contributed by atoms with Crippen molar-refractivity contribution in [1.29, 1.82) is 0 Å². The van der Waals surface area contributed by atoms with Crippen molar-refractivity contribution in [2.45, 2.75) is 24.8 Å². The van der Waals surface area contributed by atoms with Gasteiger partial charge in [-0.15, -0.1) is 10.2 Å². The Hall–Kier alpha value is -3.48. The molecule has 2 aromatic carbocycles. The minimum absolute atomic E-state index is 0.211. The molecule has 2 amide bonds. The van der Waals surface area contributed by atoms with Crippen LogP contribution in [0.5, 0.6) is 0 Å². The van der Waals surface area contributed by atoms with Gasteiger partial charge in [-0.3, -0.25) is 0 Å². The Morgan fingerprint density at radius 3 is 2.24 bits per heavy atom. The number of carbonyl (C=O) groups is 1. The fourth-order valence-corrected chi connectivity index (χ4v) is 3.50. The first-order chi connectivity index (χ1) is 14.1. The van der Waals surface area contributed by atoms with E-state index in [0.29, 0.717) is 11.5 Å². The maximum atomic E-state index is 13.3. The van der Waals surface area contributed by atoms with Crippen LogP contribution < -0.4 is 16.0 Å². The Balaban J connectivity index is 1.47. The zero-order chi connectivity index (χ0) is 20.3. The number of urea groups is 1. The summed E-state index contributed by atoms with van der Waals surface area (Å²) in [6.45, 7) is 0. The molecule has 0 radical (unpaired) electrons. The van der Waals surface area contributed by atoms with E-state index in [0.717, 1.165) is 36.1 Å². The monoisotopic (exact) mass is 391 g/mol. The molecule has 0 spiro atoms. The third-order valence-electron chi connectivity index (χ3n) is 5.30. The van der Waals surface area contributed by atoms with Crippen LogP contribution in [0.2, 0.25) is 0 Å². The molecule has 1 heterocycles. The summed E-state index contributed by atoms with van der Waals surface area (Å²) in [5.74, 6) is 0.458. The Morgan fingerprint density at radius 2 is 1.69 bits per heavy atom. The van der Waals surface area contributed by atoms with Crippen LogP contribution in [0.1, 0.15) is 24.8 Å². The molecule has 4 rings (SSSR count). The summed E-state index contributed by atoms with van der Waals surface area (Å²) in [7, 11) is 1.57. The average molecular weight is 391 g/mol. The van der Waals surface area contributed by atoms with Gasteiger partial charge in [0, 0.05) is 18.3 Å². The second-order valence-corrected chi connectivity index (χ2v) is 7.15. The van der Waals surface area contributed by atoms with Gasteiger partial charge in [0.25, 0.3) is 0 Å². The maximum absolute atomic E-state index is 13.3. The molecule has 0 aliphatic heterocycles. The molecule has 3 aromatic rings. The minimum Gasteiger partial charge on any atom is -0.359 e. The minimum atomic E-state index is -0.265. The second-order valence-electron chi connectivity index (χ2n) is 7.15. The molecule has 1 fully saturated rings. The zero-order valence-corrected chi connectivity index (χ0v) is 16.1. The third-order valence-corrected chi connectivity index (χ3v) is 5.30. The van der Waals surface area contributed by atoms with Crippen molar-refractivity contribution >= 4 is 17.5 Å². The first-order valence-electron chi connectivity index (χ1n) is 9.55. The Kier molecular flexibility index (Phi) is 5.12. The molecule has 3 N–H and O–H groups in total. The standard InChI is InChI=1S/C22H22FN5O/c1-24-21(29)25-18-9-3-15(4-10-18)19-11-12-20(28-27-19)26-22(13-2-14-22)16-5-7-17(23)8-6-16/h3-12H,2,13-14H2,1H3,(H,26,28)(H2,24,25,29). The predicted octanol–water partition coefficient (Wildman–Crippen LogP) is 4.53. The van der Waals surface area contributed by atoms with E-state index in [-0.39, 0.29) is 17.4 Å². The van der Waals surface area contributed by atoms with Gasteiger partial charge >= 0.3 is 6.03 Å². The van der Waals surface area contributed by atoms with Gasteiger partial charge in [-0.2, -0.15) is 0 Å². The van der Waals surface area contributed by atoms with Crippen LogP contribution in [0.4, 0.5) is 20.7 Å². The molecule has 1 aliphatic carbocycles. The summed E-state index contributed by atoms with van der Waals surface area (Å²) in [4.78, 5) is 11.4.